The van der Waals surface area contributed by atoms with Crippen molar-refractivity contribution in [2.75, 3.05) is 29.6 Å². The molecule has 2 aromatic rings. The summed E-state index contributed by atoms with van der Waals surface area (Å²) in [6.07, 6.45) is 0. The van der Waals surface area contributed by atoms with Crippen LogP contribution in [0.1, 0.15) is 19.4 Å². The van der Waals surface area contributed by atoms with Crippen molar-refractivity contribution in [3.8, 4) is 0 Å². The Morgan fingerprint density at radius 2 is 1.88 bits per heavy atom. The number of benzene rings is 2. The average molecular weight is 511 g/mol. The molecule has 2 amide bonds. The third kappa shape index (κ3) is 5.47. The second-order valence-electron chi connectivity index (χ2n) is 7.20. The van der Waals surface area contributed by atoms with Crippen LogP contribution in [-0.4, -0.2) is 48.2 Å². The molecule has 0 saturated carbocycles. The Kier molecular flexibility index (Phi) is 7.97. The number of nitrogens with zero attached hydrogens (tertiary/aromatic N) is 4. The van der Waals surface area contributed by atoms with E-state index in [2.05, 4.69) is 15.4 Å². The lowest BCUT2D eigenvalue weighted by Gasteiger charge is -2.22. The highest BCUT2D eigenvalue weighted by Crippen LogP contribution is 2.38. The van der Waals surface area contributed by atoms with Crippen molar-refractivity contribution < 1.29 is 14.7 Å². The third-order valence-electron chi connectivity index (χ3n) is 4.84. The molecule has 0 radical (unpaired) electrons. The van der Waals surface area contributed by atoms with Gasteiger partial charge < -0.3 is 15.3 Å². The summed E-state index contributed by atoms with van der Waals surface area (Å²) in [6, 6.07) is 8.41. The summed E-state index contributed by atoms with van der Waals surface area (Å²) in [7, 11) is 0. The van der Waals surface area contributed by atoms with Crippen LogP contribution in [0.15, 0.2) is 40.4 Å². The highest BCUT2D eigenvalue weighted by atomic mass is 35.5. The summed E-state index contributed by atoms with van der Waals surface area (Å²) in [5.41, 5.74) is 2.31. The zero-order valence-corrected chi connectivity index (χ0v) is 20.5. The lowest BCUT2D eigenvalue weighted by atomic mass is 10.1. The monoisotopic (exact) mass is 509 g/mol. The van der Waals surface area contributed by atoms with E-state index in [1.54, 1.807) is 6.07 Å². The number of aliphatic hydroxyl groups is 1. The van der Waals surface area contributed by atoms with Crippen LogP contribution in [0.3, 0.4) is 0 Å². The van der Waals surface area contributed by atoms with Gasteiger partial charge in [-0.2, -0.15) is 5.01 Å². The molecular formula is C22H22Cl3N5O3. The number of hydrazone groups is 1. The molecule has 1 aliphatic heterocycles. The van der Waals surface area contributed by atoms with Gasteiger partial charge in [0.15, 0.2) is 11.5 Å². The lowest BCUT2D eigenvalue weighted by Crippen LogP contribution is -2.36. The molecule has 0 spiro atoms. The Morgan fingerprint density at radius 1 is 1.21 bits per heavy atom. The minimum atomic E-state index is -0.608. The van der Waals surface area contributed by atoms with Crippen LogP contribution in [0.4, 0.5) is 17.1 Å². The minimum absolute atomic E-state index is 0.0199. The van der Waals surface area contributed by atoms with Crippen molar-refractivity contribution in [2.24, 2.45) is 10.1 Å². The quantitative estimate of drug-likeness (QED) is 0.604. The maximum atomic E-state index is 13.3. The van der Waals surface area contributed by atoms with Gasteiger partial charge in [0.25, 0.3) is 0 Å². The first-order chi connectivity index (χ1) is 15.7. The smallest absolute Gasteiger partial charge is 0.301 e. The van der Waals surface area contributed by atoms with E-state index >= 15 is 0 Å². The Balaban J connectivity index is 2.04. The summed E-state index contributed by atoms with van der Waals surface area (Å²) < 4.78 is 0. The minimum Gasteiger partial charge on any atom is -0.395 e. The van der Waals surface area contributed by atoms with Crippen molar-refractivity contribution in [3.63, 3.8) is 0 Å². The zero-order chi connectivity index (χ0) is 24.3. The Hall–Kier alpha value is -2.65. The first kappa shape index (κ1) is 25.0. The number of likely N-dealkylation sites (N-methyl/N-ethyl adjacent to an activating group) is 1. The molecule has 0 bridgehead atoms. The number of aliphatic imine (C=N–C) groups is 1. The molecule has 1 aliphatic rings. The summed E-state index contributed by atoms with van der Waals surface area (Å²) in [4.78, 5) is 31.5. The van der Waals surface area contributed by atoms with E-state index in [1.165, 1.54) is 19.1 Å². The Bertz CT molecular complexity index is 1140. The molecule has 0 aliphatic carbocycles. The van der Waals surface area contributed by atoms with Crippen LogP contribution in [0.2, 0.25) is 15.1 Å². The molecular weight excluding hydrogens is 489 g/mol. The number of anilines is 2. The molecule has 1 heterocycles. The number of hydrogen-bond acceptors (Lipinski definition) is 6. The molecule has 2 N–H and O–H groups in total. The third-order valence-corrected chi connectivity index (χ3v) is 5.63. The molecule has 0 saturated heterocycles. The number of rotatable bonds is 6. The molecule has 8 nitrogen and oxygen atoms in total. The highest BCUT2D eigenvalue weighted by molar-refractivity contribution is 6.72. The summed E-state index contributed by atoms with van der Waals surface area (Å²) in [5, 5.41) is 17.6. The SMILES string of the molecule is CCN(CCO)c1ccc(N=C2C(=O)N(c3c(Cl)cc(Cl)cc3Cl)N=C2NC(C)=O)c(C)c1. The number of carbonyl (C=O) groups is 2. The Morgan fingerprint density at radius 3 is 2.42 bits per heavy atom. The summed E-state index contributed by atoms with van der Waals surface area (Å²) >= 11 is 18.5. The van der Waals surface area contributed by atoms with Gasteiger partial charge in [-0.05, 0) is 49.7 Å². The van der Waals surface area contributed by atoms with Gasteiger partial charge in [0, 0.05) is 30.7 Å². The van der Waals surface area contributed by atoms with Crippen molar-refractivity contribution >= 4 is 75.2 Å². The van der Waals surface area contributed by atoms with Crippen LogP contribution in [0.5, 0.6) is 0 Å². The largest absolute Gasteiger partial charge is 0.395 e. The zero-order valence-electron chi connectivity index (χ0n) is 18.2. The fraction of sp³-hybridized carbons (Fsp3) is 0.273. The van der Waals surface area contributed by atoms with Crippen molar-refractivity contribution in [1.82, 2.24) is 5.32 Å². The highest BCUT2D eigenvalue weighted by Gasteiger charge is 2.36. The molecule has 0 atom stereocenters. The van der Waals surface area contributed by atoms with E-state index in [1.807, 2.05) is 30.9 Å². The molecule has 3 rings (SSSR count). The second-order valence-corrected chi connectivity index (χ2v) is 8.45. The number of carbonyl (C=O) groups excluding carboxylic acids is 2. The summed E-state index contributed by atoms with van der Waals surface area (Å²) in [5.74, 6) is -1.04. The first-order valence-electron chi connectivity index (χ1n) is 10.1. The van der Waals surface area contributed by atoms with Crippen LogP contribution < -0.4 is 15.2 Å². The predicted octanol–water partition coefficient (Wildman–Crippen LogP) is 4.34. The number of hydrogen-bond donors (Lipinski definition) is 2. The van der Waals surface area contributed by atoms with Gasteiger partial charge in [0.2, 0.25) is 5.91 Å². The number of nitrogens with one attached hydrogen (secondary N) is 1. The van der Waals surface area contributed by atoms with E-state index in [0.717, 1.165) is 22.8 Å². The molecule has 11 heteroatoms. The maximum absolute atomic E-state index is 13.3. The molecule has 0 unspecified atom stereocenters. The molecule has 174 valence electrons. The molecule has 0 fully saturated rings. The fourth-order valence-electron chi connectivity index (χ4n) is 3.31. The first-order valence-corrected chi connectivity index (χ1v) is 11.2. The van der Waals surface area contributed by atoms with Crippen molar-refractivity contribution in [3.05, 3.63) is 51.0 Å². The fourth-order valence-corrected chi connectivity index (χ4v) is 4.28. The van der Waals surface area contributed by atoms with Gasteiger partial charge in [-0.15, -0.1) is 5.10 Å². The normalized spacial score (nSPS) is 14.6. The molecule has 2 aromatic carbocycles. The number of amidine groups is 1. The van der Waals surface area contributed by atoms with E-state index in [9.17, 15) is 14.7 Å². The van der Waals surface area contributed by atoms with Gasteiger partial charge in [0.05, 0.1) is 22.3 Å². The van der Waals surface area contributed by atoms with Gasteiger partial charge in [-0.1, -0.05) is 34.8 Å². The number of halogens is 3. The lowest BCUT2D eigenvalue weighted by molar-refractivity contribution is -0.117. The number of aliphatic hydroxyl groups excluding tert-OH is 1. The predicted molar refractivity (Wildman–Crippen MR) is 133 cm³/mol. The molecule has 33 heavy (non-hydrogen) atoms. The van der Waals surface area contributed by atoms with Gasteiger partial charge in [0.1, 0.15) is 5.69 Å². The number of aryl methyl sites for hydroxylation is 1. The summed E-state index contributed by atoms with van der Waals surface area (Å²) in [6.45, 7) is 6.41. The van der Waals surface area contributed by atoms with Gasteiger partial charge >= 0.3 is 5.91 Å². The van der Waals surface area contributed by atoms with E-state index < -0.39 is 11.8 Å². The van der Waals surface area contributed by atoms with Crippen molar-refractivity contribution in [2.45, 2.75) is 20.8 Å². The molecule has 0 aromatic heterocycles. The van der Waals surface area contributed by atoms with Crippen LogP contribution in [0, 0.1) is 6.92 Å². The van der Waals surface area contributed by atoms with Crippen LogP contribution in [0.25, 0.3) is 0 Å². The van der Waals surface area contributed by atoms with Gasteiger partial charge in [-0.3, -0.25) is 9.59 Å². The topological polar surface area (TPSA) is 97.6 Å². The number of amides is 2. The van der Waals surface area contributed by atoms with Gasteiger partial charge in [-0.25, -0.2) is 4.99 Å². The van der Waals surface area contributed by atoms with Crippen LogP contribution >= 0.6 is 34.8 Å². The van der Waals surface area contributed by atoms with E-state index in [4.69, 9.17) is 34.8 Å². The van der Waals surface area contributed by atoms with Crippen LogP contribution in [-0.2, 0) is 9.59 Å². The van der Waals surface area contributed by atoms with Crippen molar-refractivity contribution in [1.29, 1.82) is 0 Å². The Labute approximate surface area is 206 Å². The van der Waals surface area contributed by atoms with E-state index in [0.29, 0.717) is 17.3 Å². The van der Waals surface area contributed by atoms with E-state index in [-0.39, 0.29) is 33.9 Å². The maximum Gasteiger partial charge on any atom is 0.301 e. The second kappa shape index (κ2) is 10.5. The average Bonchev–Trinajstić information content (AvgIpc) is 3.01. The standard InChI is InChI=1S/C22H22Cl3N5O3/c1-4-29(7-8-31)15-5-6-18(12(2)9-15)27-19-21(26-13(3)32)28-30(22(19)33)20-16(24)10-14(23)11-17(20)25/h5-6,9-11,31H,4,7-8H2,1-3H3,(H,26,28,32).